The van der Waals surface area contributed by atoms with Crippen molar-refractivity contribution in [3.05, 3.63) is 84.1 Å². The van der Waals surface area contributed by atoms with E-state index < -0.39 is 0 Å². The van der Waals surface area contributed by atoms with Gasteiger partial charge in [0.05, 0.1) is 0 Å². The lowest BCUT2D eigenvalue weighted by molar-refractivity contribution is 0.294. The number of hydrogen-bond donors (Lipinski definition) is 0. The Balaban J connectivity index is 1.40. The van der Waals surface area contributed by atoms with Gasteiger partial charge in [-0.2, -0.15) is 0 Å². The molecule has 2 aromatic carbocycles. The first-order chi connectivity index (χ1) is 14.8. The molecule has 0 saturated carbocycles. The Hall–Kier alpha value is -2.61. The molecule has 0 aliphatic rings. The van der Waals surface area contributed by atoms with Gasteiger partial charge in [-0.3, -0.25) is 0 Å². The normalized spacial score (nSPS) is 10.8. The van der Waals surface area contributed by atoms with Gasteiger partial charge < -0.3 is 4.74 Å². The van der Waals surface area contributed by atoms with Gasteiger partial charge >= 0.3 is 0 Å². The Morgan fingerprint density at radius 1 is 0.633 bits per heavy atom. The second kappa shape index (κ2) is 12.8. The predicted molar refractivity (Wildman–Crippen MR) is 127 cm³/mol. The fourth-order valence-electron chi connectivity index (χ4n) is 3.69. The second-order valence-corrected chi connectivity index (χ2v) is 8.08. The van der Waals surface area contributed by atoms with Crippen LogP contribution in [-0.4, -0.2) is 4.98 Å². The van der Waals surface area contributed by atoms with Gasteiger partial charge in [-0.15, -0.1) is 0 Å². The number of rotatable bonds is 13. The van der Waals surface area contributed by atoms with E-state index in [2.05, 4.69) is 54.4 Å². The fourth-order valence-corrected chi connectivity index (χ4v) is 3.69. The monoisotopic (exact) mass is 401 g/mol. The zero-order valence-electron chi connectivity index (χ0n) is 18.4. The Morgan fingerprint density at radius 2 is 1.30 bits per heavy atom. The molecule has 0 bridgehead atoms. The molecule has 0 radical (unpaired) electrons. The maximum atomic E-state index is 5.78. The van der Waals surface area contributed by atoms with Crippen molar-refractivity contribution < 1.29 is 4.74 Å². The van der Waals surface area contributed by atoms with Crippen LogP contribution in [0.4, 0.5) is 0 Å². The maximum absolute atomic E-state index is 5.78. The minimum atomic E-state index is 0.542. The number of nitrogens with zero attached hydrogens (tertiary/aromatic N) is 1. The van der Waals surface area contributed by atoms with Crippen LogP contribution in [-0.2, 0) is 13.0 Å². The van der Waals surface area contributed by atoms with Crippen LogP contribution in [0.5, 0.6) is 5.88 Å². The third kappa shape index (κ3) is 7.67. The summed E-state index contributed by atoms with van der Waals surface area (Å²) in [6.45, 7) is 2.82. The van der Waals surface area contributed by atoms with Crippen molar-refractivity contribution in [2.45, 2.75) is 71.3 Å². The van der Waals surface area contributed by atoms with Gasteiger partial charge in [0.25, 0.3) is 0 Å². The van der Waals surface area contributed by atoms with Crippen LogP contribution in [0, 0.1) is 0 Å². The van der Waals surface area contributed by atoms with E-state index in [1.807, 2.05) is 30.5 Å². The van der Waals surface area contributed by atoms with Crippen molar-refractivity contribution in [1.82, 2.24) is 4.98 Å². The average molecular weight is 402 g/mol. The molecule has 158 valence electrons. The molecule has 30 heavy (non-hydrogen) atoms. The summed E-state index contributed by atoms with van der Waals surface area (Å²) in [4.78, 5) is 4.47. The van der Waals surface area contributed by atoms with E-state index in [0.717, 1.165) is 11.1 Å². The number of aryl methyl sites for hydroxylation is 1. The number of ether oxygens (including phenoxy) is 1. The van der Waals surface area contributed by atoms with E-state index in [-0.39, 0.29) is 0 Å². The minimum absolute atomic E-state index is 0.542. The van der Waals surface area contributed by atoms with Gasteiger partial charge in [0, 0.05) is 17.8 Å². The lowest BCUT2D eigenvalue weighted by atomic mass is 10.0. The smallest absolute Gasteiger partial charge is 0.213 e. The van der Waals surface area contributed by atoms with Crippen LogP contribution in [0.3, 0.4) is 0 Å². The molecule has 2 nitrogen and oxygen atoms in total. The van der Waals surface area contributed by atoms with Crippen molar-refractivity contribution in [3.8, 4) is 17.0 Å². The first-order valence-corrected chi connectivity index (χ1v) is 11.6. The highest BCUT2D eigenvalue weighted by Crippen LogP contribution is 2.22. The SMILES string of the molecule is CCCCCCCCCCc1ccc(-c2ccc(OCc3ccccc3)nc2)cc1. The minimum Gasteiger partial charge on any atom is -0.473 e. The highest BCUT2D eigenvalue weighted by molar-refractivity contribution is 5.63. The first kappa shape index (κ1) is 22.1. The molecule has 0 fully saturated rings. The number of pyridine rings is 1. The number of benzene rings is 2. The molecule has 0 N–H and O–H groups in total. The van der Waals surface area contributed by atoms with E-state index in [1.165, 1.54) is 68.9 Å². The summed E-state index contributed by atoms with van der Waals surface area (Å²) in [6.07, 6.45) is 14.0. The van der Waals surface area contributed by atoms with Crippen molar-refractivity contribution in [3.63, 3.8) is 0 Å². The third-order valence-electron chi connectivity index (χ3n) is 5.57. The zero-order chi connectivity index (χ0) is 20.9. The highest BCUT2D eigenvalue weighted by atomic mass is 16.5. The number of aromatic nitrogens is 1. The van der Waals surface area contributed by atoms with Crippen LogP contribution in [0.1, 0.15) is 69.4 Å². The Labute approximate surface area is 182 Å². The van der Waals surface area contributed by atoms with Crippen LogP contribution in [0.25, 0.3) is 11.1 Å². The van der Waals surface area contributed by atoms with E-state index in [0.29, 0.717) is 12.5 Å². The zero-order valence-corrected chi connectivity index (χ0v) is 18.4. The summed E-state index contributed by atoms with van der Waals surface area (Å²) in [7, 11) is 0. The molecule has 0 aliphatic heterocycles. The van der Waals surface area contributed by atoms with E-state index in [4.69, 9.17) is 4.74 Å². The summed E-state index contributed by atoms with van der Waals surface area (Å²) in [5.41, 5.74) is 4.91. The molecular weight excluding hydrogens is 366 g/mol. The van der Waals surface area contributed by atoms with Gasteiger partial charge in [0.2, 0.25) is 5.88 Å². The molecule has 0 spiro atoms. The van der Waals surface area contributed by atoms with Gasteiger partial charge in [-0.25, -0.2) is 4.98 Å². The Morgan fingerprint density at radius 3 is 1.97 bits per heavy atom. The molecule has 2 heteroatoms. The van der Waals surface area contributed by atoms with Gasteiger partial charge in [0.1, 0.15) is 6.61 Å². The van der Waals surface area contributed by atoms with Crippen molar-refractivity contribution in [2.75, 3.05) is 0 Å². The maximum Gasteiger partial charge on any atom is 0.213 e. The average Bonchev–Trinajstić information content (AvgIpc) is 2.81. The molecular formula is C28H35NO. The predicted octanol–water partition coefficient (Wildman–Crippen LogP) is 8.01. The van der Waals surface area contributed by atoms with E-state index in [9.17, 15) is 0 Å². The van der Waals surface area contributed by atoms with Crippen molar-refractivity contribution >= 4 is 0 Å². The molecule has 3 rings (SSSR count). The lowest BCUT2D eigenvalue weighted by Crippen LogP contribution is -1.96. The summed E-state index contributed by atoms with van der Waals surface area (Å²) < 4.78 is 5.78. The van der Waals surface area contributed by atoms with Crippen molar-refractivity contribution in [2.24, 2.45) is 0 Å². The van der Waals surface area contributed by atoms with Crippen molar-refractivity contribution in [1.29, 1.82) is 0 Å². The molecule has 0 unspecified atom stereocenters. The third-order valence-corrected chi connectivity index (χ3v) is 5.57. The molecule has 1 aromatic heterocycles. The van der Waals surface area contributed by atoms with E-state index >= 15 is 0 Å². The molecule has 0 atom stereocenters. The van der Waals surface area contributed by atoms with Crippen LogP contribution in [0.15, 0.2) is 72.9 Å². The molecule has 0 aliphatic carbocycles. The standard InChI is InChI=1S/C28H35NO/c1-2-3-4-5-6-7-8-10-13-24-16-18-26(19-17-24)27-20-21-28(29-22-27)30-23-25-14-11-9-12-15-25/h9,11-12,14-22H,2-8,10,13,23H2,1H3. The summed E-state index contributed by atoms with van der Waals surface area (Å²) in [6, 6.07) is 23.1. The van der Waals surface area contributed by atoms with Crippen LogP contribution >= 0.6 is 0 Å². The van der Waals surface area contributed by atoms with Gasteiger partial charge in [-0.1, -0.05) is 106 Å². The first-order valence-electron chi connectivity index (χ1n) is 11.6. The summed E-state index contributed by atoms with van der Waals surface area (Å²) in [5, 5.41) is 0. The van der Waals surface area contributed by atoms with Gasteiger partial charge in [0.15, 0.2) is 0 Å². The molecule has 0 saturated heterocycles. The largest absolute Gasteiger partial charge is 0.473 e. The quantitative estimate of drug-likeness (QED) is 0.271. The van der Waals surface area contributed by atoms with Gasteiger partial charge in [-0.05, 0) is 35.6 Å². The second-order valence-electron chi connectivity index (χ2n) is 8.08. The fraction of sp³-hybridized carbons (Fsp3) is 0.393. The molecule has 0 amide bonds. The van der Waals surface area contributed by atoms with Crippen LogP contribution < -0.4 is 4.74 Å². The van der Waals surface area contributed by atoms with Crippen LogP contribution in [0.2, 0.25) is 0 Å². The van der Waals surface area contributed by atoms with E-state index in [1.54, 1.807) is 0 Å². The number of hydrogen-bond acceptors (Lipinski definition) is 2. The topological polar surface area (TPSA) is 22.1 Å². The Kier molecular flexibility index (Phi) is 9.46. The lowest BCUT2D eigenvalue weighted by Gasteiger charge is -2.07. The summed E-state index contributed by atoms with van der Waals surface area (Å²) >= 11 is 0. The number of unbranched alkanes of at least 4 members (excludes halogenated alkanes) is 7. The molecule has 3 aromatic rings. The highest BCUT2D eigenvalue weighted by Gasteiger charge is 2.02. The summed E-state index contributed by atoms with van der Waals surface area (Å²) in [5.74, 6) is 0.661. The Bertz CT molecular complexity index is 825. The molecule has 1 heterocycles.